The molecule has 0 saturated carbocycles. The average Bonchev–Trinajstić information content (AvgIpc) is 2.97. The van der Waals surface area contributed by atoms with Crippen molar-refractivity contribution in [2.24, 2.45) is 0 Å². The number of carbonyl (C=O) groups excluding carboxylic acids is 2. The summed E-state index contributed by atoms with van der Waals surface area (Å²) in [7, 11) is -5.10. The Hall–Kier alpha value is -4.28. The lowest BCUT2D eigenvalue weighted by Gasteiger charge is -2.14. The summed E-state index contributed by atoms with van der Waals surface area (Å²) in [6.07, 6.45) is 0. The zero-order valence-corrected chi connectivity index (χ0v) is 23.4. The van der Waals surface area contributed by atoms with E-state index in [1.165, 1.54) is 62.8 Å². The van der Waals surface area contributed by atoms with Crippen molar-refractivity contribution in [2.45, 2.75) is 21.3 Å². The Morgan fingerprint density at radius 1 is 0.550 bits per heavy atom. The molecule has 40 heavy (non-hydrogen) atoms. The van der Waals surface area contributed by atoms with Gasteiger partial charge in [0.15, 0.2) is 19.7 Å². The lowest BCUT2D eigenvalue weighted by molar-refractivity contribution is 0.0590. The van der Waals surface area contributed by atoms with E-state index in [1.807, 2.05) is 0 Å². The molecule has 0 heterocycles. The highest BCUT2D eigenvalue weighted by molar-refractivity contribution is 7.91. The molecule has 10 heteroatoms. The second-order valence-corrected chi connectivity index (χ2v) is 12.9. The highest BCUT2D eigenvalue weighted by atomic mass is 32.2. The highest BCUT2D eigenvalue weighted by Crippen LogP contribution is 2.29. The Balaban J connectivity index is 1.74. The van der Waals surface area contributed by atoms with Crippen LogP contribution in [-0.4, -0.2) is 43.0 Å². The van der Waals surface area contributed by atoms with E-state index in [4.69, 9.17) is 9.47 Å². The summed E-state index contributed by atoms with van der Waals surface area (Å²) >= 11 is 0. The Kier molecular flexibility index (Phi) is 8.51. The topological polar surface area (TPSA) is 121 Å². The standard InChI is InChI=1S/C30H26O8S2/c1-37-29(31)27-17-21(13-15-23(27)19-39(33,34)25-9-5-3-6-10-25)22-14-16-24(28(18-22)30(32)38-2)20-40(35,36)26-11-7-4-8-12-26/h3-18H,19-20H2,1-2H3. The molecule has 0 spiro atoms. The van der Waals surface area contributed by atoms with Gasteiger partial charge in [-0.25, -0.2) is 26.4 Å². The van der Waals surface area contributed by atoms with Crippen molar-refractivity contribution in [3.8, 4) is 11.1 Å². The lowest BCUT2D eigenvalue weighted by Crippen LogP contribution is -2.12. The van der Waals surface area contributed by atoms with Crippen molar-refractivity contribution in [2.75, 3.05) is 14.2 Å². The molecule has 0 aliphatic carbocycles. The van der Waals surface area contributed by atoms with Crippen LogP contribution in [-0.2, 0) is 40.7 Å². The number of methoxy groups -OCH3 is 2. The van der Waals surface area contributed by atoms with E-state index in [-0.39, 0.29) is 32.0 Å². The molecule has 0 saturated heterocycles. The van der Waals surface area contributed by atoms with Crippen LogP contribution < -0.4 is 0 Å². The second-order valence-electron chi connectivity index (χ2n) is 8.87. The summed E-state index contributed by atoms with van der Waals surface area (Å²) in [5.41, 5.74) is 1.58. The van der Waals surface area contributed by atoms with Gasteiger partial charge >= 0.3 is 11.9 Å². The van der Waals surface area contributed by atoms with E-state index in [0.717, 1.165) is 0 Å². The van der Waals surface area contributed by atoms with Gasteiger partial charge in [0.25, 0.3) is 0 Å². The van der Waals surface area contributed by atoms with Crippen LogP contribution in [0.1, 0.15) is 31.8 Å². The fourth-order valence-electron chi connectivity index (χ4n) is 4.20. The van der Waals surface area contributed by atoms with Crippen LogP contribution >= 0.6 is 0 Å². The van der Waals surface area contributed by atoms with Crippen LogP contribution in [0.3, 0.4) is 0 Å². The first-order chi connectivity index (χ1) is 19.1. The lowest BCUT2D eigenvalue weighted by atomic mass is 9.96. The van der Waals surface area contributed by atoms with Crippen molar-refractivity contribution in [1.29, 1.82) is 0 Å². The van der Waals surface area contributed by atoms with Gasteiger partial charge in [-0.05, 0) is 58.7 Å². The molecular weight excluding hydrogens is 552 g/mol. The molecule has 0 atom stereocenters. The molecule has 4 rings (SSSR count). The quantitative estimate of drug-likeness (QED) is 0.258. The van der Waals surface area contributed by atoms with E-state index >= 15 is 0 Å². The normalized spacial score (nSPS) is 11.6. The maximum absolute atomic E-state index is 13.0. The van der Waals surface area contributed by atoms with Gasteiger partial charge < -0.3 is 9.47 Å². The molecule has 0 fully saturated rings. The van der Waals surface area contributed by atoms with Gasteiger partial charge in [-0.2, -0.15) is 0 Å². The minimum absolute atomic E-state index is 0.0508. The number of hydrogen-bond acceptors (Lipinski definition) is 8. The molecular formula is C30H26O8S2. The van der Waals surface area contributed by atoms with Gasteiger partial charge in [0, 0.05) is 0 Å². The van der Waals surface area contributed by atoms with Crippen molar-refractivity contribution < 1.29 is 35.9 Å². The third-order valence-electron chi connectivity index (χ3n) is 6.26. The van der Waals surface area contributed by atoms with Crippen LogP contribution in [0, 0.1) is 0 Å². The molecule has 0 aliphatic heterocycles. The van der Waals surface area contributed by atoms with Crippen molar-refractivity contribution in [1.82, 2.24) is 0 Å². The van der Waals surface area contributed by atoms with E-state index in [2.05, 4.69) is 0 Å². The van der Waals surface area contributed by atoms with E-state index < -0.39 is 43.1 Å². The number of esters is 2. The summed E-state index contributed by atoms with van der Waals surface area (Å²) < 4.78 is 61.7. The Morgan fingerprint density at radius 3 is 1.23 bits per heavy atom. The molecule has 4 aromatic rings. The monoisotopic (exact) mass is 578 g/mol. The van der Waals surface area contributed by atoms with Crippen LogP contribution in [0.2, 0.25) is 0 Å². The molecule has 0 bridgehead atoms. The number of ether oxygens (including phenoxy) is 2. The van der Waals surface area contributed by atoms with Gasteiger partial charge in [0.1, 0.15) is 0 Å². The van der Waals surface area contributed by atoms with Crippen molar-refractivity contribution in [3.63, 3.8) is 0 Å². The maximum atomic E-state index is 13.0. The van der Waals surface area contributed by atoms with Crippen LogP contribution in [0.4, 0.5) is 0 Å². The van der Waals surface area contributed by atoms with Crippen LogP contribution in [0.15, 0.2) is 107 Å². The first-order valence-corrected chi connectivity index (χ1v) is 15.3. The van der Waals surface area contributed by atoms with E-state index in [0.29, 0.717) is 11.1 Å². The summed E-state index contributed by atoms with van der Waals surface area (Å²) in [5, 5.41) is 0. The van der Waals surface area contributed by atoms with Crippen LogP contribution in [0.25, 0.3) is 11.1 Å². The number of rotatable bonds is 9. The van der Waals surface area contributed by atoms with Gasteiger partial charge in [0.2, 0.25) is 0 Å². The highest BCUT2D eigenvalue weighted by Gasteiger charge is 2.23. The molecule has 0 aromatic heterocycles. The minimum atomic E-state index is -3.75. The number of carbonyl (C=O) groups is 2. The smallest absolute Gasteiger partial charge is 0.338 e. The molecule has 0 amide bonds. The molecule has 0 N–H and O–H groups in total. The van der Waals surface area contributed by atoms with Gasteiger partial charge in [-0.3, -0.25) is 0 Å². The number of hydrogen-bond donors (Lipinski definition) is 0. The zero-order valence-electron chi connectivity index (χ0n) is 21.7. The molecule has 0 unspecified atom stereocenters. The van der Waals surface area contributed by atoms with Crippen molar-refractivity contribution >= 4 is 31.6 Å². The first-order valence-electron chi connectivity index (χ1n) is 12.0. The van der Waals surface area contributed by atoms with Gasteiger partial charge in [0.05, 0.1) is 46.6 Å². The maximum Gasteiger partial charge on any atom is 0.338 e. The van der Waals surface area contributed by atoms with Crippen LogP contribution in [0.5, 0.6) is 0 Å². The number of sulfone groups is 2. The summed E-state index contributed by atoms with van der Waals surface area (Å²) in [6.45, 7) is 0. The summed E-state index contributed by atoms with van der Waals surface area (Å²) in [6, 6.07) is 25.1. The van der Waals surface area contributed by atoms with Gasteiger partial charge in [-0.15, -0.1) is 0 Å². The van der Waals surface area contributed by atoms with Gasteiger partial charge in [-0.1, -0.05) is 60.7 Å². The third-order valence-corrected chi connectivity index (χ3v) is 9.62. The Labute approximate surface area is 233 Å². The molecule has 0 radical (unpaired) electrons. The summed E-state index contributed by atoms with van der Waals surface area (Å²) in [4.78, 5) is 25.5. The average molecular weight is 579 g/mol. The molecule has 8 nitrogen and oxygen atoms in total. The fourth-order valence-corrected chi connectivity index (χ4v) is 6.99. The Morgan fingerprint density at radius 2 is 0.900 bits per heavy atom. The minimum Gasteiger partial charge on any atom is -0.465 e. The van der Waals surface area contributed by atoms with E-state index in [1.54, 1.807) is 48.5 Å². The third kappa shape index (κ3) is 6.30. The molecule has 206 valence electrons. The molecule has 4 aromatic carbocycles. The molecule has 0 aliphatic rings. The zero-order chi connectivity index (χ0) is 28.9. The predicted molar refractivity (Wildman–Crippen MR) is 149 cm³/mol. The second kappa shape index (κ2) is 11.8. The summed E-state index contributed by atoms with van der Waals surface area (Å²) in [5.74, 6) is -2.30. The largest absolute Gasteiger partial charge is 0.465 e. The SMILES string of the molecule is COC(=O)c1cc(-c2ccc(CS(=O)(=O)c3ccccc3)c(C(=O)OC)c2)ccc1CS(=O)(=O)c1ccccc1. The van der Waals surface area contributed by atoms with Crippen molar-refractivity contribution in [3.05, 3.63) is 119 Å². The Bertz CT molecular complexity index is 1630. The predicted octanol–water partition coefficient (Wildman–Crippen LogP) is 4.87. The fraction of sp³-hybridized carbons (Fsp3) is 0.133. The van der Waals surface area contributed by atoms with E-state index in [9.17, 15) is 26.4 Å². The number of benzene rings is 4. The first kappa shape index (κ1) is 28.7.